The lowest BCUT2D eigenvalue weighted by Crippen LogP contribution is -2.99. The third-order valence-electron chi connectivity index (χ3n) is 4.88. The number of hydrogen-bond acceptors (Lipinski definition) is 6. The van der Waals surface area contributed by atoms with Gasteiger partial charge in [0.15, 0.2) is 0 Å². The topological polar surface area (TPSA) is 101 Å². The number of nitrogens with zero attached hydrogens (tertiary/aromatic N) is 1. The second-order valence-electron chi connectivity index (χ2n) is 5.82. The molecule has 0 aliphatic carbocycles. The van der Waals surface area contributed by atoms with Crippen molar-refractivity contribution in [2.45, 2.75) is 18.5 Å². The van der Waals surface area contributed by atoms with Crippen LogP contribution in [0.4, 0.5) is 0 Å². The highest BCUT2D eigenvalue weighted by atomic mass is 32.1. The number of carbonyl (C=O) groups is 3. The fourth-order valence-corrected chi connectivity index (χ4v) is 4.68. The van der Waals surface area contributed by atoms with Crippen LogP contribution in [0.25, 0.3) is 0 Å². The fourth-order valence-electron chi connectivity index (χ4n) is 3.83. The fraction of sp³-hybridized carbons (Fsp3) is 0.533. The number of thiophene rings is 1. The van der Waals surface area contributed by atoms with Crippen LogP contribution in [0.2, 0.25) is 0 Å². The minimum atomic E-state index is -1.47. The molecule has 2 aliphatic rings. The highest BCUT2D eigenvalue weighted by molar-refractivity contribution is 7.10. The zero-order valence-corrected chi connectivity index (χ0v) is 13.7. The Balaban J connectivity index is 2.13. The summed E-state index contributed by atoms with van der Waals surface area (Å²) in [6.07, 6.45) is 0. The van der Waals surface area contributed by atoms with Gasteiger partial charge < -0.3 is 15.2 Å². The number of aliphatic hydroxyl groups excluding tert-OH is 1. The number of carbonyl (C=O) groups excluding carboxylic acids is 3. The molecule has 124 valence electrons. The molecule has 3 rings (SSSR count). The first-order valence-electron chi connectivity index (χ1n) is 7.45. The van der Waals surface area contributed by atoms with E-state index >= 15 is 0 Å². The van der Waals surface area contributed by atoms with Gasteiger partial charge in [0.2, 0.25) is 17.4 Å². The quantitative estimate of drug-likeness (QED) is 0.535. The van der Waals surface area contributed by atoms with Gasteiger partial charge in [0.1, 0.15) is 24.5 Å². The molecule has 0 unspecified atom stereocenters. The van der Waals surface area contributed by atoms with Crippen LogP contribution in [0.15, 0.2) is 17.5 Å². The SMILES string of the molecule is CCN1C(=O)[C@H]2[C@@H](c3cccs3)[NH2+][C@@](CO)(C(=O)OC)[C@@H]2C1=O. The molecule has 3 N–H and O–H groups in total. The molecule has 7 nitrogen and oxygen atoms in total. The van der Waals surface area contributed by atoms with Gasteiger partial charge in [-0.25, -0.2) is 4.79 Å². The average molecular weight is 339 g/mol. The van der Waals surface area contributed by atoms with Gasteiger partial charge in [-0.2, -0.15) is 0 Å². The van der Waals surface area contributed by atoms with Crippen LogP contribution >= 0.6 is 11.3 Å². The zero-order valence-electron chi connectivity index (χ0n) is 12.9. The number of ether oxygens (including phenoxy) is 1. The van der Waals surface area contributed by atoms with Crippen LogP contribution in [-0.2, 0) is 19.1 Å². The molecule has 0 saturated carbocycles. The van der Waals surface area contributed by atoms with Gasteiger partial charge in [0, 0.05) is 6.54 Å². The van der Waals surface area contributed by atoms with E-state index in [1.54, 1.807) is 12.2 Å². The van der Waals surface area contributed by atoms with Crippen molar-refractivity contribution < 1.29 is 29.5 Å². The molecule has 2 saturated heterocycles. The Morgan fingerprint density at radius 1 is 1.48 bits per heavy atom. The van der Waals surface area contributed by atoms with Gasteiger partial charge >= 0.3 is 5.97 Å². The van der Waals surface area contributed by atoms with E-state index in [1.165, 1.54) is 23.3 Å². The van der Waals surface area contributed by atoms with Crippen LogP contribution in [0.5, 0.6) is 0 Å². The third kappa shape index (κ3) is 2.05. The predicted octanol–water partition coefficient (Wildman–Crippen LogP) is -1.11. The molecule has 8 heteroatoms. The molecule has 0 aromatic carbocycles. The molecule has 3 heterocycles. The zero-order chi connectivity index (χ0) is 16.8. The second kappa shape index (κ2) is 5.70. The highest BCUT2D eigenvalue weighted by Gasteiger charge is 2.72. The molecule has 2 amide bonds. The monoisotopic (exact) mass is 339 g/mol. The molecule has 0 spiro atoms. The first-order valence-corrected chi connectivity index (χ1v) is 8.33. The summed E-state index contributed by atoms with van der Waals surface area (Å²) in [6.45, 7) is 1.42. The predicted molar refractivity (Wildman–Crippen MR) is 80.2 cm³/mol. The molecule has 1 aromatic rings. The number of hydrogen-bond donors (Lipinski definition) is 2. The molecule has 1 aromatic heterocycles. The minimum absolute atomic E-state index is 0.254. The van der Waals surface area contributed by atoms with Crippen molar-refractivity contribution in [3.05, 3.63) is 22.4 Å². The van der Waals surface area contributed by atoms with E-state index in [-0.39, 0.29) is 18.5 Å². The number of quaternary nitrogens is 1. The number of nitrogens with two attached hydrogens (primary N) is 1. The summed E-state index contributed by atoms with van der Waals surface area (Å²) in [4.78, 5) is 39.9. The highest BCUT2D eigenvalue weighted by Crippen LogP contribution is 2.45. The van der Waals surface area contributed by atoms with Crippen molar-refractivity contribution in [2.75, 3.05) is 20.3 Å². The van der Waals surface area contributed by atoms with Gasteiger partial charge in [-0.05, 0) is 18.4 Å². The lowest BCUT2D eigenvalue weighted by atomic mass is 9.80. The largest absolute Gasteiger partial charge is 0.464 e. The summed E-state index contributed by atoms with van der Waals surface area (Å²) in [5, 5.41) is 13.5. The van der Waals surface area contributed by atoms with Gasteiger partial charge in [0.05, 0.1) is 12.0 Å². The van der Waals surface area contributed by atoms with Crippen LogP contribution in [0.1, 0.15) is 17.8 Å². The Kier molecular flexibility index (Phi) is 3.99. The summed E-state index contributed by atoms with van der Waals surface area (Å²) in [6, 6.07) is 3.36. The molecule has 2 fully saturated rings. The number of likely N-dealkylation sites (tertiary alicyclic amines) is 1. The van der Waals surface area contributed by atoms with Gasteiger partial charge in [-0.3, -0.25) is 14.5 Å². The molecule has 4 atom stereocenters. The average Bonchev–Trinajstić information content (AvgIpc) is 3.24. The maximum atomic E-state index is 12.7. The first kappa shape index (κ1) is 16.1. The van der Waals surface area contributed by atoms with Gasteiger partial charge in [0.25, 0.3) is 0 Å². The van der Waals surface area contributed by atoms with E-state index in [9.17, 15) is 19.5 Å². The number of methoxy groups -OCH3 is 1. The Labute approximate surface area is 137 Å². The number of fused-ring (bicyclic) bond motifs is 1. The Morgan fingerprint density at radius 3 is 2.74 bits per heavy atom. The van der Waals surface area contributed by atoms with E-state index in [1.807, 2.05) is 17.5 Å². The van der Waals surface area contributed by atoms with Crippen LogP contribution in [-0.4, -0.2) is 53.6 Å². The van der Waals surface area contributed by atoms with E-state index in [0.29, 0.717) is 0 Å². The number of rotatable bonds is 4. The summed E-state index contributed by atoms with van der Waals surface area (Å²) in [7, 11) is 1.22. The smallest absolute Gasteiger partial charge is 0.371 e. The maximum absolute atomic E-state index is 12.7. The third-order valence-corrected chi connectivity index (χ3v) is 5.85. The van der Waals surface area contributed by atoms with Crippen molar-refractivity contribution >= 4 is 29.1 Å². The van der Waals surface area contributed by atoms with Gasteiger partial charge in [-0.1, -0.05) is 6.07 Å². The van der Waals surface area contributed by atoms with E-state index in [4.69, 9.17) is 4.74 Å². The van der Waals surface area contributed by atoms with Crippen LogP contribution in [0, 0.1) is 11.8 Å². The van der Waals surface area contributed by atoms with E-state index < -0.39 is 35.9 Å². The lowest BCUT2D eigenvalue weighted by molar-refractivity contribution is -0.735. The maximum Gasteiger partial charge on any atom is 0.371 e. The van der Waals surface area contributed by atoms with E-state index in [0.717, 1.165) is 4.88 Å². The Morgan fingerprint density at radius 2 is 2.22 bits per heavy atom. The van der Waals surface area contributed by atoms with Crippen molar-refractivity contribution in [1.82, 2.24) is 4.90 Å². The molecule has 2 aliphatic heterocycles. The number of esters is 1. The number of imide groups is 1. The summed E-state index contributed by atoms with van der Waals surface area (Å²) in [5.74, 6) is -2.92. The number of aliphatic hydroxyl groups is 1. The second-order valence-corrected chi connectivity index (χ2v) is 6.80. The summed E-state index contributed by atoms with van der Waals surface area (Å²) < 4.78 is 4.85. The number of amides is 2. The van der Waals surface area contributed by atoms with Crippen LogP contribution in [0.3, 0.4) is 0 Å². The van der Waals surface area contributed by atoms with Crippen molar-refractivity contribution in [3.63, 3.8) is 0 Å². The van der Waals surface area contributed by atoms with Crippen molar-refractivity contribution in [2.24, 2.45) is 11.8 Å². The molecule has 23 heavy (non-hydrogen) atoms. The molecular weight excluding hydrogens is 320 g/mol. The Hall–Kier alpha value is -1.77. The molecular formula is C15H19N2O5S+. The van der Waals surface area contributed by atoms with Crippen molar-refractivity contribution in [3.8, 4) is 0 Å². The molecule has 0 bridgehead atoms. The summed E-state index contributed by atoms with van der Waals surface area (Å²) >= 11 is 1.46. The standard InChI is InChI=1S/C15H18N2O5S/c1-3-17-12(19)9-10(13(17)20)15(7-18,14(21)22-2)16-11(9)8-5-4-6-23-8/h4-6,9-11,16,18H,3,7H2,1-2H3/p+1/t9-,10+,11-,15-/m1/s1. The lowest BCUT2D eigenvalue weighted by Gasteiger charge is -2.26. The Bertz CT molecular complexity index is 646. The van der Waals surface area contributed by atoms with Crippen LogP contribution < -0.4 is 5.32 Å². The summed E-state index contributed by atoms with van der Waals surface area (Å²) in [5.41, 5.74) is -1.47. The van der Waals surface area contributed by atoms with Crippen molar-refractivity contribution in [1.29, 1.82) is 0 Å². The van der Waals surface area contributed by atoms with E-state index in [2.05, 4.69) is 0 Å². The normalized spacial score (nSPS) is 33.2. The molecule has 0 radical (unpaired) electrons. The first-order chi connectivity index (χ1) is 11.0. The van der Waals surface area contributed by atoms with Gasteiger partial charge in [-0.15, -0.1) is 11.3 Å². The minimum Gasteiger partial charge on any atom is -0.464 e.